The Labute approximate surface area is 160 Å². The Morgan fingerprint density at radius 1 is 1.30 bits per heavy atom. The molecular weight excluding hydrogens is 344 g/mol. The summed E-state index contributed by atoms with van der Waals surface area (Å²) in [6, 6.07) is 1.86. The number of aromatic nitrogens is 2. The van der Waals surface area contributed by atoms with Crippen LogP contribution in [-0.4, -0.2) is 67.8 Å². The second kappa shape index (κ2) is 7.11. The molecule has 2 fully saturated rings. The van der Waals surface area contributed by atoms with Crippen LogP contribution in [0.15, 0.2) is 18.3 Å². The van der Waals surface area contributed by atoms with Gasteiger partial charge in [0.1, 0.15) is 0 Å². The van der Waals surface area contributed by atoms with Gasteiger partial charge in [-0.1, -0.05) is 0 Å². The molecule has 0 aromatic carbocycles. The highest BCUT2D eigenvalue weighted by Crippen LogP contribution is 2.45. The van der Waals surface area contributed by atoms with Gasteiger partial charge < -0.3 is 14.9 Å². The first-order valence-corrected chi connectivity index (χ1v) is 9.56. The highest BCUT2D eigenvalue weighted by atomic mass is 16.3. The number of hydrogen-bond acceptors (Lipinski definition) is 4. The molecule has 1 spiro atoms. The number of aryl methyl sites for hydroxylation is 1. The molecule has 0 unspecified atom stereocenters. The SMILES string of the molecule is CC(=O)N1CC2(CCN(C(=O)/C=C/c3ccnn3C)CC2)C[C@H](O)C1(C)C. The molecule has 2 amide bonds. The fourth-order valence-electron chi connectivity index (χ4n) is 4.33. The third-order valence-corrected chi connectivity index (χ3v) is 6.40. The summed E-state index contributed by atoms with van der Waals surface area (Å²) >= 11 is 0. The van der Waals surface area contributed by atoms with Gasteiger partial charge >= 0.3 is 0 Å². The molecule has 2 aliphatic rings. The highest BCUT2D eigenvalue weighted by Gasteiger charge is 2.50. The number of carbonyl (C=O) groups is 2. The second-order valence-corrected chi connectivity index (χ2v) is 8.52. The summed E-state index contributed by atoms with van der Waals surface area (Å²) in [5.41, 5.74) is 0.227. The van der Waals surface area contributed by atoms with Gasteiger partial charge in [-0.05, 0) is 50.7 Å². The third-order valence-electron chi connectivity index (χ3n) is 6.40. The third kappa shape index (κ3) is 3.78. The number of amides is 2. The Kier molecular flexibility index (Phi) is 5.16. The van der Waals surface area contributed by atoms with E-state index in [1.54, 1.807) is 34.9 Å². The van der Waals surface area contributed by atoms with Crippen molar-refractivity contribution in [3.8, 4) is 0 Å². The number of likely N-dealkylation sites (tertiary alicyclic amines) is 2. The Balaban J connectivity index is 1.64. The monoisotopic (exact) mass is 374 g/mol. The summed E-state index contributed by atoms with van der Waals surface area (Å²) in [6.07, 6.45) is 6.80. The Morgan fingerprint density at radius 3 is 2.52 bits per heavy atom. The molecule has 1 atom stereocenters. The van der Waals surface area contributed by atoms with Crippen LogP contribution in [0.5, 0.6) is 0 Å². The minimum atomic E-state index is -0.554. The molecule has 148 valence electrons. The standard InChI is InChI=1S/C20H30N4O3/c1-15(25)24-14-20(13-17(26)19(24,2)3)8-11-23(12-9-20)18(27)6-5-16-7-10-21-22(16)4/h5-7,10,17,26H,8-9,11-14H2,1-4H3/b6-5+/t17-/m0/s1. The van der Waals surface area contributed by atoms with E-state index in [1.165, 1.54) is 0 Å². The maximum Gasteiger partial charge on any atom is 0.246 e. The van der Waals surface area contributed by atoms with Crippen molar-refractivity contribution in [2.75, 3.05) is 19.6 Å². The molecule has 27 heavy (non-hydrogen) atoms. The predicted octanol–water partition coefficient (Wildman–Crippen LogP) is 1.43. The van der Waals surface area contributed by atoms with Crippen molar-refractivity contribution in [3.05, 3.63) is 24.0 Å². The van der Waals surface area contributed by atoms with Crippen molar-refractivity contribution >= 4 is 17.9 Å². The number of hydrogen-bond donors (Lipinski definition) is 1. The molecule has 0 aliphatic carbocycles. The van der Waals surface area contributed by atoms with Crippen LogP contribution in [0.25, 0.3) is 6.08 Å². The number of aliphatic hydroxyl groups is 1. The Hall–Kier alpha value is -2.15. The van der Waals surface area contributed by atoms with Crippen LogP contribution in [0.4, 0.5) is 0 Å². The van der Waals surface area contributed by atoms with Gasteiger partial charge in [0.25, 0.3) is 0 Å². The van der Waals surface area contributed by atoms with E-state index in [0.717, 1.165) is 18.5 Å². The van der Waals surface area contributed by atoms with Crippen LogP contribution in [-0.2, 0) is 16.6 Å². The largest absolute Gasteiger partial charge is 0.391 e. The van der Waals surface area contributed by atoms with Crippen LogP contribution in [0.2, 0.25) is 0 Å². The summed E-state index contributed by atoms with van der Waals surface area (Å²) in [4.78, 5) is 28.3. The smallest absolute Gasteiger partial charge is 0.246 e. The first-order chi connectivity index (χ1) is 12.6. The second-order valence-electron chi connectivity index (χ2n) is 8.52. The van der Waals surface area contributed by atoms with Crippen molar-refractivity contribution < 1.29 is 14.7 Å². The molecule has 3 heterocycles. The number of piperidine rings is 2. The lowest BCUT2D eigenvalue weighted by atomic mass is 9.67. The van der Waals surface area contributed by atoms with E-state index in [2.05, 4.69) is 5.10 Å². The number of nitrogens with zero attached hydrogens (tertiary/aromatic N) is 4. The number of carbonyl (C=O) groups excluding carboxylic acids is 2. The molecule has 1 N–H and O–H groups in total. The van der Waals surface area contributed by atoms with Gasteiger partial charge in [-0.15, -0.1) is 0 Å². The lowest BCUT2D eigenvalue weighted by Crippen LogP contribution is -2.64. The summed E-state index contributed by atoms with van der Waals surface area (Å²) in [6.45, 7) is 7.36. The van der Waals surface area contributed by atoms with Crippen LogP contribution in [0.1, 0.15) is 45.7 Å². The zero-order valence-corrected chi connectivity index (χ0v) is 16.7. The topological polar surface area (TPSA) is 78.7 Å². The molecule has 0 radical (unpaired) electrons. The molecule has 0 bridgehead atoms. The van der Waals surface area contributed by atoms with Gasteiger partial charge in [0, 0.05) is 45.9 Å². The van der Waals surface area contributed by atoms with Gasteiger partial charge in [-0.3, -0.25) is 14.3 Å². The van der Waals surface area contributed by atoms with Crippen molar-refractivity contribution in [3.63, 3.8) is 0 Å². The van der Waals surface area contributed by atoms with Gasteiger partial charge in [0.2, 0.25) is 11.8 Å². The summed E-state index contributed by atoms with van der Waals surface area (Å²) in [5, 5.41) is 14.8. The van der Waals surface area contributed by atoms with E-state index in [9.17, 15) is 14.7 Å². The zero-order valence-electron chi connectivity index (χ0n) is 16.7. The van der Waals surface area contributed by atoms with Gasteiger partial charge in [-0.2, -0.15) is 5.10 Å². The normalized spacial score (nSPS) is 24.6. The molecule has 7 heteroatoms. The number of aliphatic hydroxyl groups excluding tert-OH is 1. The molecule has 2 aliphatic heterocycles. The molecular formula is C20H30N4O3. The van der Waals surface area contributed by atoms with E-state index >= 15 is 0 Å². The van der Waals surface area contributed by atoms with E-state index in [-0.39, 0.29) is 17.2 Å². The molecule has 0 saturated carbocycles. The van der Waals surface area contributed by atoms with Crippen molar-refractivity contribution in [2.45, 2.75) is 51.7 Å². The lowest BCUT2D eigenvalue weighted by Gasteiger charge is -2.55. The summed E-state index contributed by atoms with van der Waals surface area (Å²) in [7, 11) is 1.84. The fourth-order valence-corrected chi connectivity index (χ4v) is 4.33. The quantitative estimate of drug-likeness (QED) is 0.795. The first kappa shape index (κ1) is 19.6. The van der Waals surface area contributed by atoms with Crippen LogP contribution in [0.3, 0.4) is 0 Å². The highest BCUT2D eigenvalue weighted by molar-refractivity contribution is 5.91. The van der Waals surface area contributed by atoms with Gasteiger partial charge in [0.15, 0.2) is 0 Å². The minimum absolute atomic E-state index is 0.00394. The van der Waals surface area contributed by atoms with Crippen LogP contribution in [0, 0.1) is 5.41 Å². The maximum absolute atomic E-state index is 12.5. The Bertz CT molecular complexity index is 744. The summed E-state index contributed by atoms with van der Waals surface area (Å²) < 4.78 is 1.72. The minimum Gasteiger partial charge on any atom is -0.391 e. The molecule has 2 saturated heterocycles. The molecule has 7 nitrogen and oxygen atoms in total. The number of rotatable bonds is 2. The van der Waals surface area contributed by atoms with Crippen LogP contribution >= 0.6 is 0 Å². The Morgan fingerprint density at radius 2 is 1.96 bits per heavy atom. The van der Waals surface area contributed by atoms with E-state index in [1.807, 2.05) is 31.9 Å². The van der Waals surface area contributed by atoms with E-state index < -0.39 is 11.6 Å². The van der Waals surface area contributed by atoms with Crippen molar-refractivity contribution in [2.24, 2.45) is 12.5 Å². The van der Waals surface area contributed by atoms with E-state index in [0.29, 0.717) is 26.1 Å². The molecule has 1 aromatic rings. The predicted molar refractivity (Wildman–Crippen MR) is 103 cm³/mol. The molecule has 1 aromatic heterocycles. The van der Waals surface area contributed by atoms with Crippen LogP contribution < -0.4 is 0 Å². The van der Waals surface area contributed by atoms with Gasteiger partial charge in [0.05, 0.1) is 17.3 Å². The van der Waals surface area contributed by atoms with Crippen molar-refractivity contribution in [1.82, 2.24) is 19.6 Å². The average Bonchev–Trinajstić information content (AvgIpc) is 3.02. The van der Waals surface area contributed by atoms with Crippen molar-refractivity contribution in [1.29, 1.82) is 0 Å². The average molecular weight is 374 g/mol. The fraction of sp³-hybridized carbons (Fsp3) is 0.650. The first-order valence-electron chi connectivity index (χ1n) is 9.56. The lowest BCUT2D eigenvalue weighted by molar-refractivity contribution is -0.158. The van der Waals surface area contributed by atoms with Gasteiger partial charge in [-0.25, -0.2) is 0 Å². The summed E-state index contributed by atoms with van der Waals surface area (Å²) in [5.74, 6) is -0.0121. The maximum atomic E-state index is 12.5. The van der Waals surface area contributed by atoms with E-state index in [4.69, 9.17) is 0 Å². The molecule has 3 rings (SSSR count). The zero-order chi connectivity index (χ0) is 19.8.